The molecule has 90 valence electrons. The van der Waals surface area contributed by atoms with Crippen LogP contribution in [-0.2, 0) is 4.79 Å². The first-order chi connectivity index (χ1) is 7.42. The smallest absolute Gasteiger partial charge is 0.136 e. The summed E-state index contributed by atoms with van der Waals surface area (Å²) < 4.78 is 0. The lowest BCUT2D eigenvalue weighted by atomic mass is 9.52. The zero-order chi connectivity index (χ0) is 11.9. The highest BCUT2D eigenvalue weighted by atomic mass is 16.1. The molecule has 2 fully saturated rings. The van der Waals surface area contributed by atoms with Crippen LogP contribution < -0.4 is 0 Å². The number of allylic oxidation sites excluding steroid dienone is 1. The minimum Gasteiger partial charge on any atom is -0.299 e. The van der Waals surface area contributed by atoms with Gasteiger partial charge in [-0.25, -0.2) is 0 Å². The Kier molecular flexibility index (Phi) is 2.98. The lowest BCUT2D eigenvalue weighted by molar-refractivity contribution is -0.122. The van der Waals surface area contributed by atoms with Crippen molar-refractivity contribution in [2.75, 3.05) is 0 Å². The summed E-state index contributed by atoms with van der Waals surface area (Å²) in [5.41, 5.74) is 1.81. The summed E-state index contributed by atoms with van der Waals surface area (Å²) in [6.07, 6.45) is 5.23. The quantitative estimate of drug-likeness (QED) is 0.564. The van der Waals surface area contributed by atoms with Gasteiger partial charge in [0.15, 0.2) is 0 Å². The van der Waals surface area contributed by atoms with Crippen molar-refractivity contribution >= 4 is 5.78 Å². The van der Waals surface area contributed by atoms with Crippen molar-refractivity contribution in [2.45, 2.75) is 52.9 Å². The van der Waals surface area contributed by atoms with Gasteiger partial charge in [0.1, 0.15) is 5.78 Å². The standard InChI is InChI=1S/C15H24O/c1-10-6-8-14(16)11(2)5-7-13-12(10)9-15(13,3)4/h11-13H,1,5-9H2,2-4H3/t11-,12-,13-/m1/s1. The molecule has 2 aliphatic carbocycles. The van der Waals surface area contributed by atoms with Crippen molar-refractivity contribution < 1.29 is 4.79 Å². The van der Waals surface area contributed by atoms with E-state index in [1.807, 2.05) is 0 Å². The van der Waals surface area contributed by atoms with Crippen LogP contribution in [-0.4, -0.2) is 5.78 Å². The Bertz CT molecular complexity index is 313. The van der Waals surface area contributed by atoms with Crippen LogP contribution in [0.15, 0.2) is 12.2 Å². The highest BCUT2D eigenvalue weighted by Crippen LogP contribution is 2.56. The van der Waals surface area contributed by atoms with Gasteiger partial charge in [-0.05, 0) is 42.9 Å². The number of carbonyl (C=O) groups excluding carboxylic acids is 1. The van der Waals surface area contributed by atoms with Crippen molar-refractivity contribution in [1.82, 2.24) is 0 Å². The zero-order valence-electron chi connectivity index (χ0n) is 10.9. The van der Waals surface area contributed by atoms with E-state index in [1.54, 1.807) is 0 Å². The van der Waals surface area contributed by atoms with E-state index in [4.69, 9.17) is 0 Å². The number of carbonyl (C=O) groups is 1. The van der Waals surface area contributed by atoms with Gasteiger partial charge in [0.05, 0.1) is 0 Å². The maximum Gasteiger partial charge on any atom is 0.136 e. The van der Waals surface area contributed by atoms with Crippen molar-refractivity contribution in [1.29, 1.82) is 0 Å². The minimum atomic E-state index is 0.267. The van der Waals surface area contributed by atoms with Gasteiger partial charge in [-0.3, -0.25) is 4.79 Å². The van der Waals surface area contributed by atoms with Gasteiger partial charge in [-0.2, -0.15) is 0 Å². The highest BCUT2D eigenvalue weighted by molar-refractivity contribution is 5.80. The van der Waals surface area contributed by atoms with Gasteiger partial charge in [0.25, 0.3) is 0 Å². The molecule has 1 heteroatoms. The summed E-state index contributed by atoms with van der Waals surface area (Å²) in [5.74, 6) is 2.18. The monoisotopic (exact) mass is 220 g/mol. The predicted octanol–water partition coefficient (Wildman–Crippen LogP) is 3.98. The number of Topliss-reactive ketones (excluding diaryl/α,β-unsaturated/α-hetero) is 1. The maximum atomic E-state index is 11.8. The number of ketones is 1. The molecule has 0 aromatic carbocycles. The Balaban J connectivity index is 2.12. The number of rotatable bonds is 0. The molecule has 3 atom stereocenters. The third-order valence-corrected chi connectivity index (χ3v) is 4.91. The van der Waals surface area contributed by atoms with E-state index in [-0.39, 0.29) is 5.92 Å². The van der Waals surface area contributed by atoms with Crippen molar-refractivity contribution in [2.24, 2.45) is 23.2 Å². The number of fused-ring (bicyclic) bond motifs is 1. The van der Waals surface area contributed by atoms with Crippen LogP contribution in [0.3, 0.4) is 0 Å². The molecule has 0 aromatic heterocycles. The van der Waals surface area contributed by atoms with E-state index in [2.05, 4.69) is 27.4 Å². The largest absolute Gasteiger partial charge is 0.299 e. The van der Waals surface area contributed by atoms with Gasteiger partial charge in [-0.1, -0.05) is 32.9 Å². The topological polar surface area (TPSA) is 17.1 Å². The molecule has 0 unspecified atom stereocenters. The first-order valence-electron chi connectivity index (χ1n) is 6.62. The average Bonchev–Trinajstić information content (AvgIpc) is 2.24. The van der Waals surface area contributed by atoms with Gasteiger partial charge in [-0.15, -0.1) is 0 Å². The number of hydrogen-bond acceptors (Lipinski definition) is 1. The average molecular weight is 220 g/mol. The maximum absolute atomic E-state index is 11.8. The van der Waals surface area contributed by atoms with E-state index in [9.17, 15) is 4.79 Å². The predicted molar refractivity (Wildman–Crippen MR) is 67.2 cm³/mol. The lowest BCUT2D eigenvalue weighted by Crippen LogP contribution is -2.44. The molecule has 0 saturated heterocycles. The molecule has 0 heterocycles. The van der Waals surface area contributed by atoms with Crippen LogP contribution in [0.1, 0.15) is 52.9 Å². The Morgan fingerprint density at radius 2 is 1.94 bits per heavy atom. The van der Waals surface area contributed by atoms with Gasteiger partial charge >= 0.3 is 0 Å². The van der Waals surface area contributed by atoms with E-state index < -0.39 is 0 Å². The van der Waals surface area contributed by atoms with E-state index in [0.29, 0.717) is 17.1 Å². The van der Waals surface area contributed by atoms with Gasteiger partial charge in [0, 0.05) is 12.3 Å². The molecule has 0 aromatic rings. The zero-order valence-corrected chi connectivity index (χ0v) is 10.9. The van der Waals surface area contributed by atoms with Crippen molar-refractivity contribution in [3.05, 3.63) is 12.2 Å². The van der Waals surface area contributed by atoms with Gasteiger partial charge < -0.3 is 0 Å². The summed E-state index contributed by atoms with van der Waals surface area (Å²) in [5, 5.41) is 0. The molecule has 0 radical (unpaired) electrons. The van der Waals surface area contributed by atoms with Gasteiger partial charge in [0.2, 0.25) is 0 Å². The Morgan fingerprint density at radius 3 is 2.56 bits per heavy atom. The molecule has 2 saturated carbocycles. The molecular formula is C15H24O. The second kappa shape index (κ2) is 4.01. The molecule has 0 aliphatic heterocycles. The van der Waals surface area contributed by atoms with Crippen molar-refractivity contribution in [3.8, 4) is 0 Å². The third-order valence-electron chi connectivity index (χ3n) is 4.91. The Hall–Kier alpha value is -0.590. The second-order valence-electron chi connectivity index (χ2n) is 6.51. The molecule has 0 bridgehead atoms. The fraction of sp³-hybridized carbons (Fsp3) is 0.800. The van der Waals surface area contributed by atoms with E-state index in [0.717, 1.165) is 25.2 Å². The molecule has 2 rings (SSSR count). The van der Waals surface area contributed by atoms with Crippen LogP contribution in [0.5, 0.6) is 0 Å². The summed E-state index contributed by atoms with van der Waals surface area (Å²) in [4.78, 5) is 11.8. The normalized spacial score (nSPS) is 39.1. The highest BCUT2D eigenvalue weighted by Gasteiger charge is 2.47. The van der Waals surface area contributed by atoms with Crippen molar-refractivity contribution in [3.63, 3.8) is 0 Å². The van der Waals surface area contributed by atoms with Crippen LogP contribution in [0.4, 0.5) is 0 Å². The van der Waals surface area contributed by atoms with Crippen LogP contribution in [0.2, 0.25) is 0 Å². The molecule has 0 N–H and O–H groups in total. The van der Waals surface area contributed by atoms with E-state index in [1.165, 1.54) is 18.4 Å². The van der Waals surface area contributed by atoms with Crippen LogP contribution in [0, 0.1) is 23.2 Å². The SMILES string of the molecule is C=C1CCC(=O)[C@H](C)CC[C@@H]2[C@@H]1CC2(C)C. The summed E-state index contributed by atoms with van der Waals surface area (Å²) >= 11 is 0. The number of hydrogen-bond donors (Lipinski definition) is 0. The molecule has 0 amide bonds. The first kappa shape index (κ1) is 11.9. The Morgan fingerprint density at radius 1 is 1.25 bits per heavy atom. The third kappa shape index (κ3) is 1.97. The Labute approximate surface area is 99.3 Å². The summed E-state index contributed by atoms with van der Waals surface area (Å²) in [6, 6.07) is 0. The molecule has 0 spiro atoms. The van der Waals surface area contributed by atoms with Crippen LogP contribution in [0.25, 0.3) is 0 Å². The molecule has 1 nitrogen and oxygen atoms in total. The molecule has 16 heavy (non-hydrogen) atoms. The summed E-state index contributed by atoms with van der Waals surface area (Å²) in [6.45, 7) is 11.0. The van der Waals surface area contributed by atoms with Crippen LogP contribution >= 0.6 is 0 Å². The lowest BCUT2D eigenvalue weighted by Gasteiger charge is -2.53. The second-order valence-corrected chi connectivity index (χ2v) is 6.51. The van der Waals surface area contributed by atoms with E-state index >= 15 is 0 Å². The summed E-state index contributed by atoms with van der Waals surface area (Å²) in [7, 11) is 0. The molecule has 2 aliphatic rings. The minimum absolute atomic E-state index is 0.267. The fourth-order valence-electron chi connectivity index (χ4n) is 3.57. The fourth-order valence-corrected chi connectivity index (χ4v) is 3.57. The first-order valence-corrected chi connectivity index (χ1v) is 6.62. The molecular weight excluding hydrogens is 196 g/mol.